The molecule has 1 atom stereocenters. The van der Waals surface area contributed by atoms with Crippen molar-refractivity contribution >= 4 is 11.8 Å². The minimum absolute atomic E-state index is 0.0659. The molecule has 0 aliphatic rings. The Hall–Kier alpha value is -3.23. The van der Waals surface area contributed by atoms with E-state index >= 15 is 0 Å². The minimum Gasteiger partial charge on any atom is -0.494 e. The minimum atomic E-state index is -3.01. The lowest BCUT2D eigenvalue weighted by Gasteiger charge is -2.15. The van der Waals surface area contributed by atoms with Crippen LogP contribution in [0.25, 0.3) is 0 Å². The van der Waals surface area contributed by atoms with Crippen molar-refractivity contribution in [2.75, 3.05) is 13.7 Å². The Balaban J connectivity index is 1.89. The number of nitrogens with one attached hydrogen (secondary N) is 2. The van der Waals surface area contributed by atoms with Crippen LogP contribution in [-0.4, -0.2) is 32.1 Å². The number of ether oxygens (including phenoxy) is 2. The number of methoxy groups -OCH3 is 1. The van der Waals surface area contributed by atoms with Crippen molar-refractivity contribution in [3.05, 3.63) is 59.4 Å². The Morgan fingerprint density at radius 2 is 1.89 bits per heavy atom. The maximum absolute atomic E-state index is 13.7. The van der Waals surface area contributed by atoms with Gasteiger partial charge in [-0.25, -0.2) is 4.39 Å². The lowest BCUT2D eigenvalue weighted by atomic mass is 10.1. The zero-order valence-electron chi connectivity index (χ0n) is 15.2. The van der Waals surface area contributed by atoms with Crippen molar-refractivity contribution < 1.29 is 32.2 Å². The molecule has 0 saturated heterocycles. The normalized spacial score (nSPS) is 11.6. The first-order valence-electron chi connectivity index (χ1n) is 8.26. The molecule has 28 heavy (non-hydrogen) atoms. The molecule has 0 heterocycles. The van der Waals surface area contributed by atoms with Crippen LogP contribution in [0.4, 0.5) is 13.2 Å². The molecule has 0 aliphatic carbocycles. The molecule has 2 aromatic rings. The second-order valence-electron chi connectivity index (χ2n) is 5.77. The van der Waals surface area contributed by atoms with Crippen molar-refractivity contribution in [3.63, 3.8) is 0 Å². The summed E-state index contributed by atoms with van der Waals surface area (Å²) in [6.07, 6.45) is 0. The van der Waals surface area contributed by atoms with Gasteiger partial charge >= 0.3 is 6.61 Å². The molecule has 2 N–H and O–H groups in total. The fourth-order valence-corrected chi connectivity index (χ4v) is 2.40. The summed E-state index contributed by atoms with van der Waals surface area (Å²) in [6.45, 7) is -1.69. The summed E-state index contributed by atoms with van der Waals surface area (Å²) in [6, 6.07) is 9.00. The highest BCUT2D eigenvalue weighted by Gasteiger charge is 2.14. The van der Waals surface area contributed by atoms with Gasteiger partial charge in [-0.15, -0.1) is 0 Å². The molecule has 0 fully saturated rings. The zero-order chi connectivity index (χ0) is 20.7. The Kier molecular flexibility index (Phi) is 7.25. The van der Waals surface area contributed by atoms with E-state index in [1.54, 1.807) is 13.0 Å². The Morgan fingerprint density at radius 1 is 1.14 bits per heavy atom. The van der Waals surface area contributed by atoms with Gasteiger partial charge in [-0.1, -0.05) is 12.1 Å². The number of benzene rings is 2. The van der Waals surface area contributed by atoms with Crippen LogP contribution < -0.4 is 20.1 Å². The molecule has 6 nitrogen and oxygen atoms in total. The standard InChI is InChI=1S/C19H19F3N2O4/c1-11(12-6-7-16(27-2)15(20)9-12)24-17(25)10-23-18(26)13-4-3-5-14(8-13)28-19(21)22/h3-9,11,19H,10H2,1-2H3,(H,23,26)(H,24,25). The Labute approximate surface area is 159 Å². The van der Waals surface area contributed by atoms with Gasteiger partial charge in [0.15, 0.2) is 11.6 Å². The molecule has 2 rings (SSSR count). The van der Waals surface area contributed by atoms with Crippen LogP contribution in [0.1, 0.15) is 28.9 Å². The summed E-state index contributed by atoms with van der Waals surface area (Å²) in [5.41, 5.74) is 0.589. The third-order valence-electron chi connectivity index (χ3n) is 3.78. The van der Waals surface area contributed by atoms with Crippen LogP contribution in [0.3, 0.4) is 0 Å². The zero-order valence-corrected chi connectivity index (χ0v) is 15.2. The van der Waals surface area contributed by atoms with E-state index in [0.717, 1.165) is 6.07 Å². The molecule has 2 aromatic carbocycles. The average Bonchev–Trinajstić information content (AvgIpc) is 2.65. The molecule has 150 valence electrons. The number of alkyl halides is 2. The van der Waals surface area contributed by atoms with Gasteiger partial charge < -0.3 is 20.1 Å². The second-order valence-corrected chi connectivity index (χ2v) is 5.77. The number of amides is 2. The summed E-state index contributed by atoms with van der Waals surface area (Å²) < 4.78 is 47.3. The van der Waals surface area contributed by atoms with Gasteiger partial charge in [0.05, 0.1) is 19.7 Å². The first kappa shape index (κ1) is 21.1. The molecule has 2 amide bonds. The number of carbonyl (C=O) groups is 2. The third kappa shape index (κ3) is 5.90. The molecule has 0 bridgehead atoms. The van der Waals surface area contributed by atoms with E-state index in [9.17, 15) is 22.8 Å². The number of rotatable bonds is 8. The highest BCUT2D eigenvalue weighted by Crippen LogP contribution is 2.21. The highest BCUT2D eigenvalue weighted by atomic mass is 19.3. The maximum Gasteiger partial charge on any atom is 0.387 e. The third-order valence-corrected chi connectivity index (χ3v) is 3.78. The first-order chi connectivity index (χ1) is 13.3. The average molecular weight is 396 g/mol. The van der Waals surface area contributed by atoms with Crippen LogP contribution in [0.5, 0.6) is 11.5 Å². The van der Waals surface area contributed by atoms with E-state index in [1.807, 2.05) is 0 Å². The van der Waals surface area contributed by atoms with Crippen molar-refractivity contribution in [1.29, 1.82) is 0 Å². The van der Waals surface area contributed by atoms with E-state index in [2.05, 4.69) is 15.4 Å². The van der Waals surface area contributed by atoms with E-state index in [4.69, 9.17) is 4.74 Å². The predicted octanol–water partition coefficient (Wildman–Crippen LogP) is 3.04. The van der Waals surface area contributed by atoms with Crippen LogP contribution >= 0.6 is 0 Å². The second kappa shape index (κ2) is 9.63. The summed E-state index contributed by atoms with van der Waals surface area (Å²) in [5, 5.41) is 5.00. The van der Waals surface area contributed by atoms with Gasteiger partial charge in [0.2, 0.25) is 5.91 Å². The number of halogens is 3. The quantitative estimate of drug-likeness (QED) is 0.719. The molecule has 0 radical (unpaired) electrons. The van der Waals surface area contributed by atoms with Gasteiger partial charge in [-0.2, -0.15) is 8.78 Å². The van der Waals surface area contributed by atoms with Gasteiger partial charge in [0.1, 0.15) is 5.75 Å². The monoisotopic (exact) mass is 396 g/mol. The Morgan fingerprint density at radius 3 is 2.54 bits per heavy atom. The topological polar surface area (TPSA) is 76.7 Å². The van der Waals surface area contributed by atoms with Crippen molar-refractivity contribution in [2.24, 2.45) is 0 Å². The summed E-state index contributed by atoms with van der Waals surface area (Å²) in [5.74, 6) is -1.76. The molecular formula is C19H19F3N2O4. The molecule has 0 saturated carbocycles. The van der Waals surface area contributed by atoms with Crippen LogP contribution in [0, 0.1) is 5.82 Å². The fourth-order valence-electron chi connectivity index (χ4n) is 2.40. The number of hydrogen-bond acceptors (Lipinski definition) is 4. The summed E-state index contributed by atoms with van der Waals surface area (Å²) in [4.78, 5) is 24.1. The lowest BCUT2D eigenvalue weighted by Crippen LogP contribution is -2.38. The van der Waals surface area contributed by atoms with Crippen LogP contribution in [-0.2, 0) is 4.79 Å². The highest BCUT2D eigenvalue weighted by molar-refractivity contribution is 5.96. The van der Waals surface area contributed by atoms with Crippen LogP contribution in [0.2, 0.25) is 0 Å². The lowest BCUT2D eigenvalue weighted by molar-refractivity contribution is -0.120. The fraction of sp³-hybridized carbons (Fsp3) is 0.263. The van der Waals surface area contributed by atoms with Gasteiger partial charge in [0.25, 0.3) is 5.91 Å². The molecular weight excluding hydrogens is 377 g/mol. The van der Waals surface area contributed by atoms with Crippen molar-refractivity contribution in [3.8, 4) is 11.5 Å². The first-order valence-corrected chi connectivity index (χ1v) is 8.26. The van der Waals surface area contributed by atoms with E-state index in [-0.39, 0.29) is 23.6 Å². The SMILES string of the molecule is COc1ccc(C(C)NC(=O)CNC(=O)c2cccc(OC(F)F)c2)cc1F. The van der Waals surface area contributed by atoms with Gasteiger partial charge in [-0.05, 0) is 42.8 Å². The largest absolute Gasteiger partial charge is 0.494 e. The summed E-state index contributed by atoms with van der Waals surface area (Å²) >= 11 is 0. The van der Waals surface area contributed by atoms with Crippen LogP contribution in [0.15, 0.2) is 42.5 Å². The van der Waals surface area contributed by atoms with E-state index < -0.39 is 30.3 Å². The number of carbonyl (C=O) groups excluding carboxylic acids is 2. The predicted molar refractivity (Wildman–Crippen MR) is 94.9 cm³/mol. The number of hydrogen-bond donors (Lipinski definition) is 2. The summed E-state index contributed by atoms with van der Waals surface area (Å²) in [7, 11) is 1.35. The van der Waals surface area contributed by atoms with E-state index in [0.29, 0.717) is 5.56 Å². The van der Waals surface area contributed by atoms with Gasteiger partial charge in [-0.3, -0.25) is 9.59 Å². The molecule has 9 heteroatoms. The van der Waals surface area contributed by atoms with Gasteiger partial charge in [0, 0.05) is 5.56 Å². The molecule has 1 unspecified atom stereocenters. The van der Waals surface area contributed by atoms with Crippen molar-refractivity contribution in [1.82, 2.24) is 10.6 Å². The van der Waals surface area contributed by atoms with Crippen molar-refractivity contribution in [2.45, 2.75) is 19.6 Å². The Bertz CT molecular complexity index is 846. The maximum atomic E-state index is 13.7. The molecule has 0 aliphatic heterocycles. The molecule has 0 spiro atoms. The smallest absolute Gasteiger partial charge is 0.387 e. The van der Waals surface area contributed by atoms with E-state index in [1.165, 1.54) is 37.4 Å². The molecule has 0 aromatic heterocycles.